The quantitative estimate of drug-likeness (QED) is 0.248. The SMILES string of the molecule is COC(C)(C)N([O-])CI. The average Bonchev–Trinajstić information content (AvgIpc) is 1.86. The zero-order valence-corrected chi connectivity index (χ0v) is 8.01. The second-order valence-corrected chi connectivity index (χ2v) is 2.83. The molecule has 3 nitrogen and oxygen atoms in total. The number of hydroxylamine groups is 2. The Hall–Kier alpha value is 0.610. The third kappa shape index (κ3) is 2.79. The first-order valence-electron chi connectivity index (χ1n) is 2.60. The lowest BCUT2D eigenvalue weighted by Gasteiger charge is -2.40. The maximum atomic E-state index is 10.8. The predicted molar refractivity (Wildman–Crippen MR) is 45.2 cm³/mol. The van der Waals surface area contributed by atoms with E-state index in [-0.39, 0.29) is 0 Å². The van der Waals surface area contributed by atoms with Crippen molar-refractivity contribution in [2.24, 2.45) is 0 Å². The first-order valence-corrected chi connectivity index (χ1v) is 4.13. The Bertz CT molecular complexity index is 87.0. The van der Waals surface area contributed by atoms with Crippen LogP contribution in [0.25, 0.3) is 0 Å². The van der Waals surface area contributed by atoms with Gasteiger partial charge in [-0.1, -0.05) is 22.6 Å². The van der Waals surface area contributed by atoms with Crippen LogP contribution < -0.4 is 0 Å². The molecule has 0 aromatic heterocycles. The maximum Gasteiger partial charge on any atom is 0.104 e. The van der Waals surface area contributed by atoms with Crippen molar-refractivity contribution in [1.29, 1.82) is 0 Å². The molecule has 0 spiro atoms. The van der Waals surface area contributed by atoms with Crippen molar-refractivity contribution in [3.63, 3.8) is 0 Å². The molecule has 4 heteroatoms. The molecule has 0 aromatic rings. The molecule has 0 aliphatic rings. The first-order chi connectivity index (χ1) is 4.04. The van der Waals surface area contributed by atoms with Crippen molar-refractivity contribution in [2.75, 3.05) is 11.7 Å². The van der Waals surface area contributed by atoms with Crippen LogP contribution in [0.2, 0.25) is 0 Å². The van der Waals surface area contributed by atoms with Gasteiger partial charge >= 0.3 is 0 Å². The van der Waals surface area contributed by atoms with E-state index in [4.69, 9.17) is 4.74 Å². The van der Waals surface area contributed by atoms with E-state index in [1.54, 1.807) is 13.8 Å². The van der Waals surface area contributed by atoms with Crippen molar-refractivity contribution in [3.05, 3.63) is 5.21 Å². The number of halogens is 1. The molecular formula is C5H11INO2-. The Morgan fingerprint density at radius 2 is 2.11 bits per heavy atom. The van der Waals surface area contributed by atoms with E-state index in [1.807, 2.05) is 22.6 Å². The molecule has 9 heavy (non-hydrogen) atoms. The fourth-order valence-electron chi connectivity index (χ4n) is 0.246. The molecule has 0 aliphatic heterocycles. The molecule has 0 rings (SSSR count). The molecule has 0 unspecified atom stereocenters. The summed E-state index contributed by atoms with van der Waals surface area (Å²) in [4.78, 5) is 0. The highest BCUT2D eigenvalue weighted by Crippen LogP contribution is 2.13. The summed E-state index contributed by atoms with van der Waals surface area (Å²) in [5.74, 6) is 0. The maximum absolute atomic E-state index is 10.8. The summed E-state index contributed by atoms with van der Waals surface area (Å²) in [5, 5.41) is 11.7. The molecule has 0 N–H and O–H groups in total. The van der Waals surface area contributed by atoms with Gasteiger partial charge in [-0.2, -0.15) is 0 Å². The minimum Gasteiger partial charge on any atom is -0.783 e. The number of alkyl halides is 1. The summed E-state index contributed by atoms with van der Waals surface area (Å²) in [6, 6.07) is 0. The van der Waals surface area contributed by atoms with Crippen molar-refractivity contribution >= 4 is 22.6 Å². The largest absolute Gasteiger partial charge is 0.783 e. The number of nitrogens with zero attached hydrogens (tertiary/aromatic N) is 1. The molecule has 0 fully saturated rings. The zero-order chi connectivity index (χ0) is 7.49. The number of methoxy groups -OCH3 is 1. The molecule has 0 aliphatic carbocycles. The predicted octanol–water partition coefficient (Wildman–Crippen LogP) is 1.56. The van der Waals surface area contributed by atoms with Crippen LogP contribution in [-0.2, 0) is 4.74 Å². The molecule has 0 radical (unpaired) electrons. The Labute approximate surface area is 69.1 Å². The van der Waals surface area contributed by atoms with E-state index in [0.717, 1.165) is 5.06 Å². The Morgan fingerprint density at radius 1 is 1.67 bits per heavy atom. The number of rotatable bonds is 3. The van der Waals surface area contributed by atoms with Crippen molar-refractivity contribution < 1.29 is 4.74 Å². The van der Waals surface area contributed by atoms with Gasteiger partial charge in [-0.25, -0.2) is 0 Å². The summed E-state index contributed by atoms with van der Waals surface area (Å²) >= 11 is 2.00. The third-order valence-corrected chi connectivity index (χ3v) is 1.83. The fraction of sp³-hybridized carbons (Fsp3) is 1.00. The van der Waals surface area contributed by atoms with E-state index in [1.165, 1.54) is 7.11 Å². The van der Waals surface area contributed by atoms with E-state index >= 15 is 0 Å². The van der Waals surface area contributed by atoms with Crippen molar-refractivity contribution in [1.82, 2.24) is 5.06 Å². The van der Waals surface area contributed by atoms with Gasteiger partial charge in [0.1, 0.15) is 5.72 Å². The summed E-state index contributed by atoms with van der Waals surface area (Å²) < 4.78 is 5.33. The summed E-state index contributed by atoms with van der Waals surface area (Å²) in [5.41, 5.74) is -0.679. The standard InChI is InChI=1S/C5H11INO2/c1-5(2,9-3)7(8)4-6/h4H2,1-3H3/q-1. The first kappa shape index (κ1) is 9.61. The monoisotopic (exact) mass is 244 g/mol. The van der Waals surface area contributed by atoms with E-state index < -0.39 is 5.72 Å². The highest BCUT2D eigenvalue weighted by atomic mass is 127. The second kappa shape index (κ2) is 3.70. The molecule has 0 amide bonds. The van der Waals surface area contributed by atoms with Gasteiger partial charge in [0.25, 0.3) is 0 Å². The number of hydrogen-bond donors (Lipinski definition) is 0. The van der Waals surface area contributed by atoms with Gasteiger partial charge in [0, 0.05) is 11.7 Å². The molecule has 0 atom stereocenters. The van der Waals surface area contributed by atoms with Gasteiger partial charge in [0.05, 0.1) is 0 Å². The van der Waals surface area contributed by atoms with Crippen molar-refractivity contribution in [2.45, 2.75) is 19.6 Å². The molecule has 0 heterocycles. The molecule has 0 aromatic carbocycles. The van der Waals surface area contributed by atoms with Crippen LogP contribution in [0.5, 0.6) is 0 Å². The minimum atomic E-state index is -0.679. The molecular weight excluding hydrogens is 233 g/mol. The highest BCUT2D eigenvalue weighted by Gasteiger charge is 2.16. The Balaban J connectivity index is 3.80. The lowest BCUT2D eigenvalue weighted by atomic mass is 10.3. The second-order valence-electron chi connectivity index (χ2n) is 2.15. The van der Waals surface area contributed by atoms with Crippen LogP contribution in [0.1, 0.15) is 13.8 Å². The summed E-state index contributed by atoms with van der Waals surface area (Å²) in [6.07, 6.45) is 0. The smallest absolute Gasteiger partial charge is 0.104 e. The minimum absolute atomic E-state index is 0.429. The number of hydrogen-bond acceptors (Lipinski definition) is 3. The topological polar surface area (TPSA) is 35.5 Å². The van der Waals surface area contributed by atoms with Crippen LogP contribution in [0.15, 0.2) is 0 Å². The molecule has 56 valence electrons. The summed E-state index contributed by atoms with van der Waals surface area (Å²) in [7, 11) is 1.52. The lowest BCUT2D eigenvalue weighted by molar-refractivity contribution is -0.0746. The highest BCUT2D eigenvalue weighted by molar-refractivity contribution is 14.1. The number of ether oxygens (including phenoxy) is 1. The van der Waals surface area contributed by atoms with Gasteiger partial charge in [0.2, 0.25) is 0 Å². The fourth-order valence-corrected chi connectivity index (χ4v) is 1.07. The van der Waals surface area contributed by atoms with E-state index in [9.17, 15) is 5.21 Å². The molecule has 0 saturated carbocycles. The van der Waals surface area contributed by atoms with Crippen LogP contribution in [0, 0.1) is 5.21 Å². The van der Waals surface area contributed by atoms with E-state index in [2.05, 4.69) is 0 Å². The average molecular weight is 244 g/mol. The Kier molecular flexibility index (Phi) is 3.95. The van der Waals surface area contributed by atoms with Gasteiger partial charge in [-0.3, -0.25) is 0 Å². The van der Waals surface area contributed by atoms with Gasteiger partial charge < -0.3 is 15.0 Å². The van der Waals surface area contributed by atoms with Crippen LogP contribution in [-0.4, -0.2) is 22.4 Å². The van der Waals surface area contributed by atoms with Gasteiger partial charge in [-0.15, -0.1) is 0 Å². The summed E-state index contributed by atoms with van der Waals surface area (Å²) in [6.45, 7) is 3.47. The van der Waals surface area contributed by atoms with Crippen LogP contribution in [0.4, 0.5) is 0 Å². The van der Waals surface area contributed by atoms with Gasteiger partial charge in [-0.05, 0) is 13.8 Å². The third-order valence-electron chi connectivity index (χ3n) is 1.21. The lowest BCUT2D eigenvalue weighted by Crippen LogP contribution is -2.40. The molecule has 0 bridgehead atoms. The normalized spacial score (nSPS) is 12.7. The van der Waals surface area contributed by atoms with Crippen LogP contribution in [0.3, 0.4) is 0 Å². The Morgan fingerprint density at radius 3 is 2.22 bits per heavy atom. The molecule has 0 saturated heterocycles. The van der Waals surface area contributed by atoms with E-state index in [0.29, 0.717) is 4.55 Å². The van der Waals surface area contributed by atoms with Crippen LogP contribution >= 0.6 is 22.6 Å². The van der Waals surface area contributed by atoms with Gasteiger partial charge in [0.15, 0.2) is 0 Å². The van der Waals surface area contributed by atoms with Crippen molar-refractivity contribution in [3.8, 4) is 0 Å². The zero-order valence-electron chi connectivity index (χ0n) is 5.85.